The second-order valence-electron chi connectivity index (χ2n) is 7.68. The summed E-state index contributed by atoms with van der Waals surface area (Å²) in [5, 5.41) is 15.2. The van der Waals surface area contributed by atoms with Crippen molar-refractivity contribution in [2.24, 2.45) is 0 Å². The molecule has 0 unspecified atom stereocenters. The van der Waals surface area contributed by atoms with Gasteiger partial charge in [-0.05, 0) is 42.5 Å². The van der Waals surface area contributed by atoms with Gasteiger partial charge in [0.05, 0.1) is 42.7 Å². The van der Waals surface area contributed by atoms with Crippen molar-refractivity contribution in [1.82, 2.24) is 9.78 Å². The Bertz CT molecular complexity index is 1460. The molecule has 210 valence electrons. The lowest BCUT2D eigenvalue weighted by molar-refractivity contribution is 0.0693. The zero-order valence-electron chi connectivity index (χ0n) is 21.5. The van der Waals surface area contributed by atoms with E-state index < -0.39 is 12.1 Å². The van der Waals surface area contributed by atoms with Gasteiger partial charge in [-0.3, -0.25) is 4.84 Å². The number of halogens is 3. The minimum atomic E-state index is -1.16. The Morgan fingerprint density at radius 1 is 0.925 bits per heavy atom. The molecule has 4 rings (SSSR count). The van der Waals surface area contributed by atoms with Crippen molar-refractivity contribution in [3.63, 3.8) is 0 Å². The van der Waals surface area contributed by atoms with Crippen LogP contribution in [-0.2, 0) is 16.2 Å². The highest BCUT2D eigenvalue weighted by molar-refractivity contribution is 6.37. The molecule has 1 heterocycles. The van der Waals surface area contributed by atoms with Crippen molar-refractivity contribution >= 4 is 52.6 Å². The predicted octanol–water partition coefficient (Wildman–Crippen LogP) is 6.94. The Labute approximate surface area is 245 Å². The van der Waals surface area contributed by atoms with E-state index in [1.165, 1.54) is 33.5 Å². The molecular formula is C27H24Cl3N3O7. The lowest BCUT2D eigenvalue weighted by Gasteiger charge is -2.20. The van der Waals surface area contributed by atoms with Crippen LogP contribution in [0.15, 0.2) is 72.9 Å². The van der Waals surface area contributed by atoms with Gasteiger partial charge in [-0.15, -0.1) is 5.10 Å². The summed E-state index contributed by atoms with van der Waals surface area (Å²) >= 11 is 17.3. The van der Waals surface area contributed by atoms with Crippen LogP contribution >= 0.6 is 34.8 Å². The fraction of sp³-hybridized carbons (Fsp3) is 0.148. The van der Waals surface area contributed by atoms with Crippen LogP contribution in [-0.4, -0.2) is 48.3 Å². The third kappa shape index (κ3) is 7.57. The number of aromatic nitrogens is 2. The first-order valence-corrected chi connectivity index (χ1v) is 12.5. The monoisotopic (exact) mass is 607 g/mol. The highest BCUT2D eigenvalue weighted by Gasteiger charge is 2.20. The largest absolute Gasteiger partial charge is 0.494 e. The van der Waals surface area contributed by atoms with Crippen LogP contribution in [0.3, 0.4) is 0 Å². The van der Waals surface area contributed by atoms with Crippen molar-refractivity contribution in [2.75, 3.05) is 26.4 Å². The van der Waals surface area contributed by atoms with Gasteiger partial charge in [0, 0.05) is 22.8 Å². The van der Waals surface area contributed by atoms with E-state index in [9.17, 15) is 9.59 Å². The highest BCUT2D eigenvalue weighted by atomic mass is 35.5. The van der Waals surface area contributed by atoms with Crippen molar-refractivity contribution in [1.29, 1.82) is 0 Å². The highest BCUT2D eigenvalue weighted by Crippen LogP contribution is 2.33. The molecule has 0 atom stereocenters. The molecule has 4 aromatic rings. The van der Waals surface area contributed by atoms with E-state index in [0.29, 0.717) is 16.6 Å². The number of carbonyl (C=O) groups is 2. The number of hydroxylamine groups is 1. The van der Waals surface area contributed by atoms with Gasteiger partial charge in [-0.25, -0.2) is 14.3 Å². The third-order valence-electron chi connectivity index (χ3n) is 5.24. The molecule has 0 saturated carbocycles. The number of nitrogens with zero attached hydrogens (tertiary/aromatic N) is 3. The second-order valence-corrected chi connectivity index (χ2v) is 8.93. The molecule has 0 radical (unpaired) electrons. The van der Waals surface area contributed by atoms with E-state index in [2.05, 4.69) is 5.10 Å². The maximum atomic E-state index is 11.9. The molecule has 1 aromatic heterocycles. The molecule has 0 aliphatic rings. The molecule has 1 N–H and O–H groups in total. The molecule has 40 heavy (non-hydrogen) atoms. The number of hydrogen-bond acceptors (Lipinski definition) is 7. The first-order chi connectivity index (χ1) is 19.2. The third-order valence-corrected chi connectivity index (χ3v) is 6.11. The number of methoxy groups -OCH3 is 2. The maximum Gasteiger partial charge on any atom is 0.438 e. The molecule has 1 amide bonds. The summed E-state index contributed by atoms with van der Waals surface area (Å²) in [5.74, 6) is -0.632. The first-order valence-electron chi connectivity index (χ1n) is 11.4. The number of rotatable bonds is 8. The smallest absolute Gasteiger partial charge is 0.438 e. The Kier molecular flexibility index (Phi) is 11.0. The summed E-state index contributed by atoms with van der Waals surface area (Å²) in [6.07, 6.45) is 1.16. The second kappa shape index (κ2) is 14.4. The first kappa shape index (κ1) is 30.6. The number of amides is 1. The van der Waals surface area contributed by atoms with E-state index >= 15 is 0 Å². The molecule has 10 nitrogen and oxygen atoms in total. The quantitative estimate of drug-likeness (QED) is 0.214. The van der Waals surface area contributed by atoms with Crippen molar-refractivity contribution in [2.45, 2.75) is 6.61 Å². The minimum Gasteiger partial charge on any atom is -0.494 e. The molecule has 3 aromatic carbocycles. The van der Waals surface area contributed by atoms with Crippen LogP contribution in [0.25, 0.3) is 5.69 Å². The van der Waals surface area contributed by atoms with Crippen LogP contribution < -0.4 is 14.5 Å². The Morgan fingerprint density at radius 2 is 1.60 bits per heavy atom. The lowest BCUT2D eigenvalue weighted by Crippen LogP contribution is -2.30. The molecule has 0 fully saturated rings. The molecule has 0 saturated heterocycles. The zero-order valence-corrected chi connectivity index (χ0v) is 23.8. The van der Waals surface area contributed by atoms with Gasteiger partial charge in [0.15, 0.2) is 5.75 Å². The number of para-hydroxylation sites is 1. The van der Waals surface area contributed by atoms with Gasteiger partial charge in [0.1, 0.15) is 12.2 Å². The predicted molar refractivity (Wildman–Crippen MR) is 151 cm³/mol. The Hall–Kier alpha value is -3.96. The van der Waals surface area contributed by atoms with Crippen LogP contribution in [0.2, 0.25) is 15.1 Å². The number of carboxylic acid groups (broad SMARTS) is 1. The standard InChI is InChI=1S/C19H18ClN3O4.C8H6Cl2O3/c1-25-19(24)23(26-2)17-6-4-3-5-14(17)13-27-18-11-12-22(21-18)16-9-7-15(20)8-10-16;1-13-7-5(10)3-2-4(9)6(7)8(11)12/h3-12H,13H2,1-2H3;2-3H,1H3,(H,11,12). The van der Waals surface area contributed by atoms with Crippen molar-refractivity contribution < 1.29 is 33.7 Å². The van der Waals surface area contributed by atoms with E-state index in [1.54, 1.807) is 41.2 Å². The van der Waals surface area contributed by atoms with Gasteiger partial charge >= 0.3 is 12.1 Å². The summed E-state index contributed by atoms with van der Waals surface area (Å²) in [4.78, 5) is 27.7. The maximum absolute atomic E-state index is 11.9. The number of anilines is 1. The topological polar surface area (TPSA) is 112 Å². The van der Waals surface area contributed by atoms with Gasteiger partial charge in [0.25, 0.3) is 0 Å². The SMILES string of the molecule is COC(=O)N(OC)c1ccccc1COc1ccn(-c2ccc(Cl)cc2)n1.COc1c(Cl)ccc(Cl)c1C(=O)O. The van der Waals surface area contributed by atoms with Crippen LogP contribution in [0, 0.1) is 0 Å². The molecule has 0 bridgehead atoms. The average molecular weight is 609 g/mol. The van der Waals surface area contributed by atoms with E-state index in [0.717, 1.165) is 16.3 Å². The lowest BCUT2D eigenvalue weighted by atomic mass is 10.2. The Morgan fingerprint density at radius 3 is 2.20 bits per heavy atom. The van der Waals surface area contributed by atoms with Gasteiger partial charge in [-0.2, -0.15) is 5.06 Å². The normalized spacial score (nSPS) is 10.2. The fourth-order valence-corrected chi connectivity index (χ4v) is 3.98. The Balaban J connectivity index is 0.000000285. The zero-order chi connectivity index (χ0) is 29.2. The summed E-state index contributed by atoms with van der Waals surface area (Å²) in [5.41, 5.74) is 2.03. The van der Waals surface area contributed by atoms with E-state index in [4.69, 9.17) is 59.0 Å². The van der Waals surface area contributed by atoms with Crippen LogP contribution in [0.5, 0.6) is 11.6 Å². The number of ether oxygens (including phenoxy) is 3. The number of carbonyl (C=O) groups excluding carboxylic acids is 1. The van der Waals surface area contributed by atoms with Crippen molar-refractivity contribution in [3.05, 3.63) is 99.1 Å². The number of benzene rings is 3. The molecule has 13 heteroatoms. The summed E-state index contributed by atoms with van der Waals surface area (Å²) in [7, 11) is 4.02. The van der Waals surface area contributed by atoms with Crippen LogP contribution in [0.4, 0.5) is 10.5 Å². The van der Waals surface area contributed by atoms with E-state index in [1.807, 2.05) is 24.3 Å². The van der Waals surface area contributed by atoms with Crippen molar-refractivity contribution in [3.8, 4) is 17.3 Å². The number of carboxylic acids is 1. The minimum absolute atomic E-state index is 0.0849. The molecule has 0 aliphatic carbocycles. The van der Waals surface area contributed by atoms with Gasteiger partial charge < -0.3 is 19.3 Å². The average Bonchev–Trinajstić information content (AvgIpc) is 3.43. The molecule has 0 spiro atoms. The van der Waals surface area contributed by atoms with Crippen LogP contribution in [0.1, 0.15) is 15.9 Å². The van der Waals surface area contributed by atoms with Gasteiger partial charge in [0.2, 0.25) is 5.88 Å². The molecular weight excluding hydrogens is 585 g/mol. The fourth-order valence-electron chi connectivity index (χ4n) is 3.39. The van der Waals surface area contributed by atoms with Gasteiger partial charge in [-0.1, -0.05) is 53.0 Å². The number of hydrogen-bond donors (Lipinski definition) is 1. The summed E-state index contributed by atoms with van der Waals surface area (Å²) < 4.78 is 17.0. The molecule has 0 aliphatic heterocycles. The van der Waals surface area contributed by atoms with E-state index in [-0.39, 0.29) is 28.0 Å². The summed E-state index contributed by atoms with van der Waals surface area (Å²) in [6.45, 7) is 0.199. The summed E-state index contributed by atoms with van der Waals surface area (Å²) in [6, 6.07) is 19.2. The number of aromatic carboxylic acids is 1.